The molecule has 2 nitrogen and oxygen atoms in total. The quantitative estimate of drug-likeness (QED) is 0.556. The number of methoxy groups -OCH3 is 1. The van der Waals surface area contributed by atoms with Crippen molar-refractivity contribution in [2.24, 2.45) is 0 Å². The highest BCUT2D eigenvalue weighted by Crippen LogP contribution is 1.92. The minimum absolute atomic E-state index is 0.218. The predicted octanol–water partition coefficient (Wildman–Crippen LogP) is 0.872. The van der Waals surface area contributed by atoms with Crippen molar-refractivity contribution in [3.8, 4) is 0 Å². The van der Waals surface area contributed by atoms with Crippen molar-refractivity contribution in [3.05, 3.63) is 0 Å². The third-order valence-electron chi connectivity index (χ3n) is 0.542. The lowest BCUT2D eigenvalue weighted by molar-refractivity contribution is -0.108. The highest BCUT2D eigenvalue weighted by molar-refractivity contribution is 4.31. The Bertz CT molecular complexity index is 45.3. The first-order chi connectivity index (χ1) is 3.81. The van der Waals surface area contributed by atoms with E-state index in [4.69, 9.17) is 0 Å². The van der Waals surface area contributed by atoms with E-state index >= 15 is 0 Å². The van der Waals surface area contributed by atoms with Gasteiger partial charge in [-0.25, -0.2) is 8.78 Å². The van der Waals surface area contributed by atoms with E-state index in [1.54, 1.807) is 0 Å². The van der Waals surface area contributed by atoms with Crippen LogP contribution in [0.4, 0.5) is 8.78 Å². The summed E-state index contributed by atoms with van der Waals surface area (Å²) in [7, 11) is 1.31. The number of hydrogen-bond donors (Lipinski definition) is 0. The van der Waals surface area contributed by atoms with Crippen molar-refractivity contribution in [2.75, 3.05) is 20.6 Å². The molecule has 0 N–H and O–H groups in total. The topological polar surface area (TPSA) is 18.5 Å². The Morgan fingerprint density at radius 2 is 2.25 bits per heavy atom. The van der Waals surface area contributed by atoms with Gasteiger partial charge in [0.25, 0.3) is 0 Å². The number of hydrogen-bond acceptors (Lipinski definition) is 2. The zero-order valence-corrected chi connectivity index (χ0v) is 4.56. The fourth-order valence-corrected chi connectivity index (χ4v) is 0.248. The van der Waals surface area contributed by atoms with Gasteiger partial charge in [0.1, 0.15) is 6.61 Å². The molecule has 0 saturated heterocycles. The van der Waals surface area contributed by atoms with Gasteiger partial charge < -0.3 is 9.47 Å². The Balaban J connectivity index is 2.92. The number of ether oxygens (including phenoxy) is 2. The van der Waals surface area contributed by atoms with E-state index < -0.39 is 13.2 Å². The maximum atomic E-state index is 11.8. The summed E-state index contributed by atoms with van der Waals surface area (Å²) >= 11 is 0. The third kappa shape index (κ3) is 3.95. The molecule has 0 aromatic rings. The lowest BCUT2D eigenvalue weighted by Gasteiger charge is -2.02. The molecule has 1 atom stereocenters. The summed E-state index contributed by atoms with van der Waals surface area (Å²) < 4.78 is 31.0. The van der Waals surface area contributed by atoms with Gasteiger partial charge in [0.15, 0.2) is 6.86 Å². The Morgan fingerprint density at radius 3 is 2.62 bits per heavy atom. The average Bonchev–Trinajstić information content (AvgIpc) is 1.68. The van der Waals surface area contributed by atoms with Crippen LogP contribution >= 0.6 is 0 Å². The molecule has 0 aliphatic heterocycles. The van der Waals surface area contributed by atoms with E-state index in [0.717, 1.165) is 0 Å². The van der Waals surface area contributed by atoms with Gasteiger partial charge in [-0.3, -0.25) is 0 Å². The summed E-state index contributed by atoms with van der Waals surface area (Å²) in [6.07, 6.45) is -1.63. The standard InChI is InChI=1S/C4H8F2O2/c1-7-2-4(6)8-3-5/h4H,2-3H2,1H3. The highest BCUT2D eigenvalue weighted by atomic mass is 19.2. The van der Waals surface area contributed by atoms with E-state index in [9.17, 15) is 8.78 Å². The number of rotatable bonds is 4. The third-order valence-corrected chi connectivity index (χ3v) is 0.542. The van der Waals surface area contributed by atoms with Crippen molar-refractivity contribution < 1.29 is 18.3 Å². The zero-order chi connectivity index (χ0) is 6.41. The molecule has 0 fully saturated rings. The molecule has 0 aliphatic carbocycles. The lowest BCUT2D eigenvalue weighted by Crippen LogP contribution is -2.11. The largest absolute Gasteiger partial charge is 0.379 e. The van der Waals surface area contributed by atoms with Gasteiger partial charge in [0.2, 0.25) is 6.36 Å². The van der Waals surface area contributed by atoms with E-state index in [1.165, 1.54) is 7.11 Å². The van der Waals surface area contributed by atoms with E-state index in [2.05, 4.69) is 9.47 Å². The number of halogens is 2. The van der Waals surface area contributed by atoms with Gasteiger partial charge in [0.05, 0.1) is 0 Å². The van der Waals surface area contributed by atoms with Crippen molar-refractivity contribution >= 4 is 0 Å². The summed E-state index contributed by atoms with van der Waals surface area (Å²) in [4.78, 5) is 0. The fourth-order valence-electron chi connectivity index (χ4n) is 0.248. The minimum atomic E-state index is -1.63. The molecule has 0 saturated carbocycles. The van der Waals surface area contributed by atoms with Gasteiger partial charge in [-0.15, -0.1) is 0 Å². The predicted molar refractivity (Wildman–Crippen MR) is 23.8 cm³/mol. The zero-order valence-electron chi connectivity index (χ0n) is 4.56. The second-order valence-corrected chi connectivity index (χ2v) is 1.14. The van der Waals surface area contributed by atoms with Crippen LogP contribution in [-0.4, -0.2) is 26.9 Å². The summed E-state index contributed by atoms with van der Waals surface area (Å²) in [5.41, 5.74) is 0. The summed E-state index contributed by atoms with van der Waals surface area (Å²) in [6.45, 7) is -1.32. The Morgan fingerprint density at radius 1 is 1.62 bits per heavy atom. The maximum absolute atomic E-state index is 11.8. The van der Waals surface area contributed by atoms with E-state index in [1.807, 2.05) is 0 Å². The molecule has 0 aliphatic rings. The van der Waals surface area contributed by atoms with Crippen molar-refractivity contribution in [1.82, 2.24) is 0 Å². The van der Waals surface area contributed by atoms with Crippen molar-refractivity contribution in [2.45, 2.75) is 6.36 Å². The molecule has 0 aromatic heterocycles. The first kappa shape index (κ1) is 7.78. The summed E-state index contributed by atoms with van der Waals surface area (Å²) in [6, 6.07) is 0. The van der Waals surface area contributed by atoms with E-state index in [-0.39, 0.29) is 6.61 Å². The van der Waals surface area contributed by atoms with Crippen LogP contribution in [0.5, 0.6) is 0 Å². The van der Waals surface area contributed by atoms with Crippen molar-refractivity contribution in [1.29, 1.82) is 0 Å². The summed E-state index contributed by atoms with van der Waals surface area (Å²) in [5, 5.41) is 0. The molecule has 0 spiro atoms. The Labute approximate surface area is 46.4 Å². The molecule has 0 amide bonds. The van der Waals surface area contributed by atoms with Gasteiger partial charge in [-0.2, -0.15) is 0 Å². The molecule has 4 heteroatoms. The second-order valence-electron chi connectivity index (χ2n) is 1.14. The molecular weight excluding hydrogens is 118 g/mol. The second kappa shape index (κ2) is 4.93. The van der Waals surface area contributed by atoms with Crippen LogP contribution in [0, 0.1) is 0 Å². The van der Waals surface area contributed by atoms with Crippen LogP contribution in [0.1, 0.15) is 0 Å². The first-order valence-corrected chi connectivity index (χ1v) is 2.12. The Hall–Kier alpha value is -0.220. The molecule has 0 aromatic carbocycles. The Kier molecular flexibility index (Phi) is 4.79. The molecule has 0 rings (SSSR count). The van der Waals surface area contributed by atoms with Crippen LogP contribution in [0.25, 0.3) is 0 Å². The molecular formula is C4H8F2O2. The maximum Gasteiger partial charge on any atom is 0.224 e. The minimum Gasteiger partial charge on any atom is -0.379 e. The molecule has 0 radical (unpaired) electrons. The van der Waals surface area contributed by atoms with Crippen LogP contribution in [0.3, 0.4) is 0 Å². The molecule has 0 bridgehead atoms. The smallest absolute Gasteiger partial charge is 0.224 e. The fraction of sp³-hybridized carbons (Fsp3) is 1.00. The summed E-state index contributed by atoms with van der Waals surface area (Å²) in [5.74, 6) is 0. The van der Waals surface area contributed by atoms with Crippen LogP contribution in [0.15, 0.2) is 0 Å². The van der Waals surface area contributed by atoms with Gasteiger partial charge in [0, 0.05) is 7.11 Å². The lowest BCUT2D eigenvalue weighted by atomic mass is 10.7. The van der Waals surface area contributed by atoms with Crippen LogP contribution in [0.2, 0.25) is 0 Å². The van der Waals surface area contributed by atoms with Gasteiger partial charge >= 0.3 is 0 Å². The molecule has 8 heavy (non-hydrogen) atoms. The molecule has 0 heterocycles. The average molecular weight is 126 g/mol. The van der Waals surface area contributed by atoms with Crippen LogP contribution < -0.4 is 0 Å². The SMILES string of the molecule is COCC(F)OCF. The first-order valence-electron chi connectivity index (χ1n) is 2.12. The highest BCUT2D eigenvalue weighted by Gasteiger charge is 2.02. The molecule has 1 unspecified atom stereocenters. The monoisotopic (exact) mass is 126 g/mol. The van der Waals surface area contributed by atoms with Crippen LogP contribution in [-0.2, 0) is 9.47 Å². The van der Waals surface area contributed by atoms with E-state index in [0.29, 0.717) is 0 Å². The normalized spacial score (nSPS) is 13.9. The van der Waals surface area contributed by atoms with Gasteiger partial charge in [-0.1, -0.05) is 0 Å². The molecule has 50 valence electrons. The van der Waals surface area contributed by atoms with Crippen molar-refractivity contribution in [3.63, 3.8) is 0 Å². The van der Waals surface area contributed by atoms with Gasteiger partial charge in [-0.05, 0) is 0 Å². The number of alkyl halides is 2.